The number of aliphatic hydroxyl groups is 5. The minimum absolute atomic E-state index is 0.189. The van der Waals surface area contributed by atoms with Gasteiger partial charge in [-0.2, -0.15) is 0 Å². The maximum atomic E-state index is 13.0. The van der Waals surface area contributed by atoms with E-state index in [1.165, 1.54) is 167 Å². The number of amides is 1. The van der Waals surface area contributed by atoms with Gasteiger partial charge in [0.2, 0.25) is 5.91 Å². The van der Waals surface area contributed by atoms with E-state index in [2.05, 4.69) is 67.8 Å². The molecule has 1 fully saturated rings. The van der Waals surface area contributed by atoms with Crippen LogP contribution < -0.4 is 5.32 Å². The van der Waals surface area contributed by atoms with E-state index in [1.54, 1.807) is 6.08 Å². The second-order valence-corrected chi connectivity index (χ2v) is 19.0. The number of ether oxygens (including phenoxy) is 2. The third-order valence-electron chi connectivity index (χ3n) is 12.8. The third-order valence-corrected chi connectivity index (χ3v) is 12.8. The van der Waals surface area contributed by atoms with Crippen molar-refractivity contribution in [1.82, 2.24) is 5.32 Å². The minimum atomic E-state index is -1.57. The Morgan fingerprint density at radius 1 is 0.515 bits per heavy atom. The molecule has 1 aliphatic rings. The van der Waals surface area contributed by atoms with Gasteiger partial charge in [0.05, 0.1) is 25.4 Å². The second kappa shape index (κ2) is 46.6. The van der Waals surface area contributed by atoms with Gasteiger partial charge in [-0.05, 0) is 70.6 Å². The van der Waals surface area contributed by atoms with Crippen molar-refractivity contribution in [2.24, 2.45) is 0 Å². The zero-order valence-electron chi connectivity index (χ0n) is 42.4. The van der Waals surface area contributed by atoms with Crippen LogP contribution in [-0.2, 0) is 14.3 Å². The Kier molecular flexibility index (Phi) is 43.7. The smallest absolute Gasteiger partial charge is 0.220 e. The molecule has 1 heterocycles. The van der Waals surface area contributed by atoms with Crippen LogP contribution in [0.5, 0.6) is 0 Å². The highest BCUT2D eigenvalue weighted by Gasteiger charge is 2.44. The lowest BCUT2D eigenvalue weighted by molar-refractivity contribution is -0.302. The molecule has 0 bridgehead atoms. The summed E-state index contributed by atoms with van der Waals surface area (Å²) in [6.45, 7) is 3.75. The third kappa shape index (κ3) is 36.0. The number of nitrogens with one attached hydrogen (secondary N) is 1. The lowest BCUT2D eigenvalue weighted by Crippen LogP contribution is -2.60. The maximum absolute atomic E-state index is 13.0. The molecule has 0 aliphatic carbocycles. The highest BCUT2D eigenvalue weighted by atomic mass is 16.7. The summed E-state index contributed by atoms with van der Waals surface area (Å²) in [5.41, 5.74) is 0. The number of hydrogen-bond acceptors (Lipinski definition) is 8. The van der Waals surface area contributed by atoms with Crippen molar-refractivity contribution < 1.29 is 39.8 Å². The van der Waals surface area contributed by atoms with E-state index in [9.17, 15) is 30.3 Å². The first-order chi connectivity index (χ1) is 32.3. The number of unbranched alkanes of at least 4 members (excludes halogenated alkanes) is 28. The molecule has 6 N–H and O–H groups in total. The molecule has 384 valence electrons. The maximum Gasteiger partial charge on any atom is 0.220 e. The van der Waals surface area contributed by atoms with E-state index in [4.69, 9.17) is 9.47 Å². The molecular weight excluding hydrogens is 827 g/mol. The van der Waals surface area contributed by atoms with Gasteiger partial charge in [-0.1, -0.05) is 222 Å². The van der Waals surface area contributed by atoms with Crippen molar-refractivity contribution in [3.05, 3.63) is 60.8 Å². The lowest BCUT2D eigenvalue weighted by atomic mass is 9.99. The highest BCUT2D eigenvalue weighted by molar-refractivity contribution is 5.76. The first-order valence-electron chi connectivity index (χ1n) is 27.5. The van der Waals surface area contributed by atoms with Crippen molar-refractivity contribution >= 4 is 5.91 Å². The van der Waals surface area contributed by atoms with Crippen molar-refractivity contribution in [2.45, 2.75) is 281 Å². The quantitative estimate of drug-likeness (QED) is 0.0261. The van der Waals surface area contributed by atoms with Crippen LogP contribution in [0.25, 0.3) is 0 Å². The molecule has 0 saturated carbocycles. The zero-order chi connectivity index (χ0) is 48.0. The van der Waals surface area contributed by atoms with Crippen molar-refractivity contribution in [1.29, 1.82) is 0 Å². The van der Waals surface area contributed by atoms with Crippen molar-refractivity contribution in [3.63, 3.8) is 0 Å². The van der Waals surface area contributed by atoms with E-state index in [1.807, 2.05) is 6.08 Å². The number of rotatable bonds is 46. The van der Waals surface area contributed by atoms with Gasteiger partial charge in [0.15, 0.2) is 6.29 Å². The number of hydrogen-bond donors (Lipinski definition) is 6. The van der Waals surface area contributed by atoms with Crippen LogP contribution in [-0.4, -0.2) is 87.5 Å². The van der Waals surface area contributed by atoms with Gasteiger partial charge in [-0.3, -0.25) is 4.79 Å². The van der Waals surface area contributed by atoms with Crippen LogP contribution in [0.3, 0.4) is 0 Å². The molecule has 9 heteroatoms. The van der Waals surface area contributed by atoms with Gasteiger partial charge < -0.3 is 40.3 Å². The lowest BCUT2D eigenvalue weighted by Gasteiger charge is -2.40. The molecule has 1 amide bonds. The summed E-state index contributed by atoms with van der Waals surface area (Å²) in [4.78, 5) is 13.0. The Bertz CT molecular complexity index is 1220. The Hall–Kier alpha value is -2.11. The summed E-state index contributed by atoms with van der Waals surface area (Å²) in [5.74, 6) is -0.189. The SMILES string of the molecule is CCCCCCC/C=C\C/C=C\C/C=C\CCCCCCCCCCCCCCC(=O)NC(COC1OC(CO)C(O)C(O)C1O)C(O)/C=C/CC/C=C/CCCCCCCCCCCC. The molecule has 0 aromatic carbocycles. The molecule has 1 saturated heterocycles. The monoisotopic (exact) mass is 930 g/mol. The summed E-state index contributed by atoms with van der Waals surface area (Å²) in [5, 5.41) is 54.4. The standard InChI is InChI=1S/C57H103NO8/c1-3-5-7-9-11-13-15-17-19-21-22-23-24-25-26-27-28-29-30-31-33-35-37-39-41-43-45-47-53(61)58-50(49-65-57-56(64)55(63)54(62)52(48-59)66-57)51(60)46-44-42-40-38-36-34-32-20-18-16-14-12-10-8-6-4-2/h15,17,21-22,24-25,36,38,44,46,50-52,54-57,59-60,62-64H,3-14,16,18-20,23,26-35,37,39-43,45,47-49H2,1-2H3,(H,58,61)/b17-15-,22-21-,25-24-,38-36+,46-44+. The average Bonchev–Trinajstić information content (AvgIpc) is 3.32. The fraction of sp³-hybridized carbons (Fsp3) is 0.807. The van der Waals surface area contributed by atoms with Crippen LogP contribution in [0.1, 0.15) is 239 Å². The highest BCUT2D eigenvalue weighted by Crippen LogP contribution is 2.23. The first-order valence-corrected chi connectivity index (χ1v) is 27.5. The van der Waals surface area contributed by atoms with Gasteiger partial charge in [0.25, 0.3) is 0 Å². The predicted molar refractivity (Wildman–Crippen MR) is 276 cm³/mol. The topological polar surface area (TPSA) is 149 Å². The van der Waals surface area contributed by atoms with E-state index in [0.717, 1.165) is 51.4 Å². The summed E-state index contributed by atoms with van der Waals surface area (Å²) >= 11 is 0. The van der Waals surface area contributed by atoms with Crippen LogP contribution in [0, 0.1) is 0 Å². The summed E-state index contributed by atoms with van der Waals surface area (Å²) in [6.07, 6.45) is 55.6. The summed E-state index contributed by atoms with van der Waals surface area (Å²) in [7, 11) is 0. The summed E-state index contributed by atoms with van der Waals surface area (Å²) in [6, 6.07) is -0.824. The number of carbonyl (C=O) groups excluding carboxylic acids is 1. The predicted octanol–water partition coefficient (Wildman–Crippen LogP) is 13.1. The van der Waals surface area contributed by atoms with Gasteiger partial charge >= 0.3 is 0 Å². The van der Waals surface area contributed by atoms with E-state index < -0.39 is 49.5 Å². The molecule has 0 aromatic rings. The van der Waals surface area contributed by atoms with Crippen molar-refractivity contribution in [3.8, 4) is 0 Å². The molecule has 1 rings (SSSR count). The largest absolute Gasteiger partial charge is 0.394 e. The van der Waals surface area contributed by atoms with E-state index >= 15 is 0 Å². The van der Waals surface area contributed by atoms with Crippen molar-refractivity contribution in [2.75, 3.05) is 13.2 Å². The van der Waals surface area contributed by atoms with Gasteiger partial charge in [-0.25, -0.2) is 0 Å². The Labute approximate surface area is 405 Å². The molecule has 9 nitrogen and oxygen atoms in total. The van der Waals surface area contributed by atoms with Gasteiger partial charge in [0, 0.05) is 6.42 Å². The normalized spacial score (nSPS) is 20.3. The molecule has 0 spiro atoms. The number of allylic oxidation sites excluding steroid dienone is 9. The second-order valence-electron chi connectivity index (χ2n) is 19.0. The average molecular weight is 930 g/mol. The minimum Gasteiger partial charge on any atom is -0.394 e. The van der Waals surface area contributed by atoms with Crippen LogP contribution in [0.2, 0.25) is 0 Å². The first kappa shape index (κ1) is 61.9. The molecule has 1 aliphatic heterocycles. The van der Waals surface area contributed by atoms with E-state index in [-0.39, 0.29) is 12.5 Å². The Balaban J connectivity index is 2.24. The molecule has 0 aromatic heterocycles. The Morgan fingerprint density at radius 2 is 0.909 bits per heavy atom. The van der Waals surface area contributed by atoms with E-state index in [0.29, 0.717) is 6.42 Å². The van der Waals surface area contributed by atoms with Crippen LogP contribution >= 0.6 is 0 Å². The van der Waals surface area contributed by atoms with Gasteiger partial charge in [0.1, 0.15) is 24.4 Å². The van der Waals surface area contributed by atoms with Gasteiger partial charge in [-0.15, -0.1) is 0 Å². The molecule has 7 atom stereocenters. The zero-order valence-corrected chi connectivity index (χ0v) is 42.4. The number of aliphatic hydroxyl groups excluding tert-OH is 5. The number of carbonyl (C=O) groups is 1. The molecule has 7 unspecified atom stereocenters. The summed E-state index contributed by atoms with van der Waals surface area (Å²) < 4.78 is 11.2. The van der Waals surface area contributed by atoms with Crippen LogP contribution in [0.4, 0.5) is 0 Å². The molecular formula is C57H103NO8. The Morgan fingerprint density at radius 3 is 1.38 bits per heavy atom. The molecule has 66 heavy (non-hydrogen) atoms. The molecule has 0 radical (unpaired) electrons. The fourth-order valence-corrected chi connectivity index (χ4v) is 8.41. The van der Waals surface area contributed by atoms with Crippen LogP contribution in [0.15, 0.2) is 60.8 Å². The fourth-order valence-electron chi connectivity index (χ4n) is 8.41.